The van der Waals surface area contributed by atoms with Crippen molar-refractivity contribution in [3.63, 3.8) is 0 Å². The Labute approximate surface area is 136 Å². The Balaban J connectivity index is 1.93. The Morgan fingerprint density at radius 3 is 3.05 bits per heavy atom. The zero-order chi connectivity index (χ0) is 14.8. The number of benzene rings is 1. The first-order valence-electron chi connectivity index (χ1n) is 7.37. The maximum atomic E-state index is 13.6. The maximum absolute atomic E-state index is 13.6. The first kappa shape index (κ1) is 15.1. The summed E-state index contributed by atoms with van der Waals surface area (Å²) in [6, 6.07) is 5.38. The van der Waals surface area contributed by atoms with E-state index in [0.717, 1.165) is 34.4 Å². The fourth-order valence-electron chi connectivity index (χ4n) is 2.73. The van der Waals surface area contributed by atoms with Crippen LogP contribution in [0.3, 0.4) is 0 Å². The van der Waals surface area contributed by atoms with Gasteiger partial charge in [-0.15, -0.1) is 11.3 Å². The molecule has 0 radical (unpaired) electrons. The summed E-state index contributed by atoms with van der Waals surface area (Å²) in [4.78, 5) is 6.09. The molecule has 5 heteroatoms. The lowest BCUT2D eigenvalue weighted by Gasteiger charge is -2.22. The summed E-state index contributed by atoms with van der Waals surface area (Å²) in [5.41, 5.74) is 2.05. The van der Waals surface area contributed by atoms with Crippen molar-refractivity contribution in [2.45, 2.75) is 38.6 Å². The van der Waals surface area contributed by atoms with Gasteiger partial charge in [-0.3, -0.25) is 0 Å². The third-order valence-electron chi connectivity index (χ3n) is 3.70. The molecule has 0 saturated carbocycles. The van der Waals surface area contributed by atoms with E-state index in [2.05, 4.69) is 28.2 Å². The molecule has 0 spiro atoms. The number of halogens is 2. The summed E-state index contributed by atoms with van der Waals surface area (Å²) >= 11 is 5.06. The second-order valence-electron chi connectivity index (χ2n) is 5.39. The van der Waals surface area contributed by atoms with Crippen LogP contribution in [0, 0.1) is 5.82 Å². The molecular formula is C16H18BrFN2S. The predicted octanol–water partition coefficient (Wildman–Crippen LogP) is 5.09. The first-order valence-corrected chi connectivity index (χ1v) is 8.97. The zero-order valence-corrected chi connectivity index (χ0v) is 14.4. The van der Waals surface area contributed by atoms with Crippen LogP contribution < -0.4 is 5.32 Å². The van der Waals surface area contributed by atoms with Gasteiger partial charge in [-0.25, -0.2) is 9.37 Å². The normalized spacial score (nSPS) is 17.8. The highest BCUT2D eigenvalue weighted by Crippen LogP contribution is 2.38. The molecule has 0 saturated heterocycles. The van der Waals surface area contributed by atoms with Crippen molar-refractivity contribution in [2.24, 2.45) is 0 Å². The molecule has 1 aliphatic carbocycles. The summed E-state index contributed by atoms with van der Waals surface area (Å²) in [7, 11) is 0. The molecule has 1 unspecified atom stereocenters. The van der Waals surface area contributed by atoms with Gasteiger partial charge in [-0.05, 0) is 50.4 Å². The standard InChI is InChI=1S/C16H18BrFN2S/c1-2-6-19-13-4-3-5-14-15(13)21-16(20-14)10-7-11(17)9-12(18)8-10/h7-9,13,19H,2-6H2,1H3. The van der Waals surface area contributed by atoms with Crippen molar-refractivity contribution >= 4 is 27.3 Å². The molecule has 1 aliphatic rings. The van der Waals surface area contributed by atoms with Crippen molar-refractivity contribution in [2.75, 3.05) is 6.54 Å². The molecule has 1 atom stereocenters. The maximum Gasteiger partial charge on any atom is 0.125 e. The smallest absolute Gasteiger partial charge is 0.125 e. The summed E-state index contributed by atoms with van der Waals surface area (Å²) in [5, 5.41) is 4.52. The van der Waals surface area contributed by atoms with Crippen molar-refractivity contribution in [1.82, 2.24) is 10.3 Å². The molecule has 0 bridgehead atoms. The van der Waals surface area contributed by atoms with Gasteiger partial charge >= 0.3 is 0 Å². The zero-order valence-electron chi connectivity index (χ0n) is 12.0. The topological polar surface area (TPSA) is 24.9 Å². The monoisotopic (exact) mass is 368 g/mol. The third kappa shape index (κ3) is 3.35. The molecule has 1 heterocycles. The highest BCUT2D eigenvalue weighted by Gasteiger charge is 2.24. The van der Waals surface area contributed by atoms with Crippen LogP contribution in [0.15, 0.2) is 22.7 Å². The molecule has 21 heavy (non-hydrogen) atoms. The number of thiazole rings is 1. The molecule has 1 aromatic carbocycles. The van der Waals surface area contributed by atoms with E-state index < -0.39 is 0 Å². The SMILES string of the molecule is CCCNC1CCCc2nc(-c3cc(F)cc(Br)c3)sc21. The van der Waals surface area contributed by atoms with Gasteiger partial charge in [0.2, 0.25) is 0 Å². The Morgan fingerprint density at radius 2 is 2.29 bits per heavy atom. The molecule has 3 rings (SSSR count). The summed E-state index contributed by atoms with van der Waals surface area (Å²) in [6.45, 7) is 3.21. The Bertz CT molecular complexity index is 621. The minimum absolute atomic E-state index is 0.229. The summed E-state index contributed by atoms with van der Waals surface area (Å²) < 4.78 is 14.3. The lowest BCUT2D eigenvalue weighted by molar-refractivity contribution is 0.465. The Morgan fingerprint density at radius 1 is 1.43 bits per heavy atom. The quantitative estimate of drug-likeness (QED) is 0.812. The minimum Gasteiger partial charge on any atom is -0.309 e. The fourth-order valence-corrected chi connectivity index (χ4v) is 4.41. The molecule has 0 amide bonds. The van der Waals surface area contributed by atoms with Crippen LogP contribution in [0.2, 0.25) is 0 Å². The van der Waals surface area contributed by atoms with Gasteiger partial charge in [0.25, 0.3) is 0 Å². The van der Waals surface area contributed by atoms with Gasteiger partial charge in [-0.2, -0.15) is 0 Å². The predicted molar refractivity (Wildman–Crippen MR) is 89.2 cm³/mol. The summed E-state index contributed by atoms with van der Waals surface area (Å²) in [5.74, 6) is -0.229. The minimum atomic E-state index is -0.229. The third-order valence-corrected chi connectivity index (χ3v) is 5.42. The Kier molecular flexibility index (Phi) is 4.72. The largest absolute Gasteiger partial charge is 0.309 e. The molecule has 0 aliphatic heterocycles. The highest BCUT2D eigenvalue weighted by atomic mass is 79.9. The van der Waals surface area contributed by atoms with Gasteiger partial charge in [-0.1, -0.05) is 22.9 Å². The number of hydrogen-bond donors (Lipinski definition) is 1. The van der Waals surface area contributed by atoms with Crippen LogP contribution in [0.25, 0.3) is 10.6 Å². The van der Waals surface area contributed by atoms with Crippen LogP contribution in [-0.2, 0) is 6.42 Å². The van der Waals surface area contributed by atoms with Crippen LogP contribution in [0.1, 0.15) is 42.8 Å². The molecule has 0 fully saturated rings. The van der Waals surface area contributed by atoms with E-state index >= 15 is 0 Å². The fraction of sp³-hybridized carbons (Fsp3) is 0.438. The van der Waals surface area contributed by atoms with Crippen molar-refractivity contribution in [1.29, 1.82) is 0 Å². The van der Waals surface area contributed by atoms with Gasteiger partial charge in [0, 0.05) is 21.0 Å². The summed E-state index contributed by atoms with van der Waals surface area (Å²) in [6.07, 6.45) is 4.51. The van der Waals surface area contributed by atoms with Gasteiger partial charge in [0.05, 0.1) is 5.69 Å². The van der Waals surface area contributed by atoms with Crippen LogP contribution in [-0.4, -0.2) is 11.5 Å². The van der Waals surface area contributed by atoms with Crippen molar-refractivity contribution < 1.29 is 4.39 Å². The van der Waals surface area contributed by atoms with Gasteiger partial charge in [0.15, 0.2) is 0 Å². The number of rotatable bonds is 4. The Hall–Kier alpha value is -0.780. The van der Waals surface area contributed by atoms with Crippen molar-refractivity contribution in [3.8, 4) is 10.6 Å². The van der Waals surface area contributed by atoms with E-state index in [-0.39, 0.29) is 5.82 Å². The molecule has 2 aromatic rings. The second-order valence-corrected chi connectivity index (χ2v) is 7.33. The van der Waals surface area contributed by atoms with E-state index in [1.54, 1.807) is 17.4 Å². The van der Waals surface area contributed by atoms with E-state index in [1.165, 1.54) is 29.5 Å². The molecule has 112 valence electrons. The number of hydrogen-bond acceptors (Lipinski definition) is 3. The van der Waals surface area contributed by atoms with E-state index in [9.17, 15) is 4.39 Å². The molecule has 1 N–H and O–H groups in total. The molecule has 1 aromatic heterocycles. The number of aromatic nitrogens is 1. The van der Waals surface area contributed by atoms with E-state index in [4.69, 9.17) is 4.98 Å². The number of nitrogens with one attached hydrogen (secondary N) is 1. The average Bonchev–Trinajstić information content (AvgIpc) is 2.88. The highest BCUT2D eigenvalue weighted by molar-refractivity contribution is 9.10. The lowest BCUT2D eigenvalue weighted by Crippen LogP contribution is -2.24. The first-order chi connectivity index (χ1) is 10.2. The van der Waals surface area contributed by atoms with E-state index in [1.807, 2.05) is 6.07 Å². The number of fused-ring (bicyclic) bond motifs is 1. The van der Waals surface area contributed by atoms with Crippen LogP contribution in [0.4, 0.5) is 4.39 Å². The number of nitrogens with zero attached hydrogens (tertiary/aromatic N) is 1. The molecular weight excluding hydrogens is 351 g/mol. The van der Waals surface area contributed by atoms with Crippen LogP contribution >= 0.6 is 27.3 Å². The average molecular weight is 369 g/mol. The van der Waals surface area contributed by atoms with Crippen LogP contribution in [0.5, 0.6) is 0 Å². The second kappa shape index (κ2) is 6.55. The van der Waals surface area contributed by atoms with Gasteiger partial charge in [0.1, 0.15) is 10.8 Å². The lowest BCUT2D eigenvalue weighted by atomic mass is 9.98. The molecule has 2 nitrogen and oxygen atoms in total. The number of aryl methyl sites for hydroxylation is 1. The van der Waals surface area contributed by atoms with Gasteiger partial charge < -0.3 is 5.32 Å². The van der Waals surface area contributed by atoms with Crippen molar-refractivity contribution in [3.05, 3.63) is 39.1 Å². The van der Waals surface area contributed by atoms with E-state index in [0.29, 0.717) is 6.04 Å².